The molecule has 0 aromatic carbocycles. The molecule has 2 atom stereocenters. The Hall–Kier alpha value is -0.520. The molecule has 2 unspecified atom stereocenters. The van der Waals surface area contributed by atoms with Gasteiger partial charge in [0.1, 0.15) is 0 Å². The summed E-state index contributed by atoms with van der Waals surface area (Å²) in [4.78, 5) is 0. The summed E-state index contributed by atoms with van der Waals surface area (Å²) in [5.74, 6) is 2.91. The molecule has 11 heavy (non-hydrogen) atoms. The zero-order valence-electron chi connectivity index (χ0n) is 6.62. The van der Waals surface area contributed by atoms with Crippen molar-refractivity contribution < 1.29 is 9.84 Å². The first-order valence-corrected chi connectivity index (χ1v) is 4.04. The van der Waals surface area contributed by atoms with Crippen molar-refractivity contribution in [2.24, 2.45) is 5.92 Å². The molecule has 0 aromatic heterocycles. The van der Waals surface area contributed by atoms with E-state index >= 15 is 0 Å². The second-order valence-corrected chi connectivity index (χ2v) is 2.96. The SMILES string of the molecule is C#CCCCC1COCC1O. The van der Waals surface area contributed by atoms with E-state index in [1.807, 2.05) is 0 Å². The van der Waals surface area contributed by atoms with Crippen molar-refractivity contribution in [1.82, 2.24) is 0 Å². The Bertz CT molecular complexity index is 148. The molecule has 2 nitrogen and oxygen atoms in total. The standard InChI is InChI=1S/C9H14O2/c1-2-3-4-5-8-6-11-7-9(8)10/h1,8-10H,3-7H2. The number of terminal acetylenes is 1. The molecule has 0 amide bonds. The molecule has 1 saturated heterocycles. The highest BCUT2D eigenvalue weighted by Gasteiger charge is 2.24. The van der Waals surface area contributed by atoms with E-state index < -0.39 is 0 Å². The van der Waals surface area contributed by atoms with E-state index in [0.29, 0.717) is 19.1 Å². The van der Waals surface area contributed by atoms with E-state index in [-0.39, 0.29) is 6.10 Å². The number of hydrogen-bond acceptors (Lipinski definition) is 2. The van der Waals surface area contributed by atoms with Gasteiger partial charge in [0.05, 0.1) is 19.3 Å². The summed E-state index contributed by atoms with van der Waals surface area (Å²) in [6, 6.07) is 0. The summed E-state index contributed by atoms with van der Waals surface area (Å²) < 4.78 is 5.10. The first-order chi connectivity index (χ1) is 5.34. The van der Waals surface area contributed by atoms with Crippen LogP contribution in [-0.4, -0.2) is 24.4 Å². The van der Waals surface area contributed by atoms with Crippen LogP contribution in [0.1, 0.15) is 19.3 Å². The van der Waals surface area contributed by atoms with Crippen molar-refractivity contribution in [2.45, 2.75) is 25.4 Å². The highest BCUT2D eigenvalue weighted by Crippen LogP contribution is 2.19. The average molecular weight is 154 g/mol. The molecular formula is C9H14O2. The molecule has 0 aromatic rings. The highest BCUT2D eigenvalue weighted by atomic mass is 16.5. The third-order valence-corrected chi connectivity index (χ3v) is 2.06. The maximum absolute atomic E-state index is 9.31. The molecule has 1 fully saturated rings. The Labute approximate surface area is 67.6 Å². The van der Waals surface area contributed by atoms with Gasteiger partial charge in [-0.1, -0.05) is 0 Å². The van der Waals surface area contributed by atoms with E-state index in [1.54, 1.807) is 0 Å². The molecule has 2 heteroatoms. The normalized spacial score (nSPS) is 30.2. The van der Waals surface area contributed by atoms with Gasteiger partial charge in [-0.15, -0.1) is 12.3 Å². The lowest BCUT2D eigenvalue weighted by Gasteiger charge is -2.09. The number of aliphatic hydroxyl groups is 1. The Balaban J connectivity index is 2.11. The van der Waals surface area contributed by atoms with Gasteiger partial charge in [-0.05, 0) is 12.8 Å². The molecule has 1 N–H and O–H groups in total. The van der Waals surface area contributed by atoms with Crippen molar-refractivity contribution in [3.63, 3.8) is 0 Å². The maximum Gasteiger partial charge on any atom is 0.0823 e. The van der Waals surface area contributed by atoms with Gasteiger partial charge in [0.15, 0.2) is 0 Å². The molecular weight excluding hydrogens is 140 g/mol. The minimum Gasteiger partial charge on any atom is -0.390 e. The quantitative estimate of drug-likeness (QED) is 0.481. The highest BCUT2D eigenvalue weighted by molar-refractivity contribution is 4.84. The van der Waals surface area contributed by atoms with E-state index in [4.69, 9.17) is 11.2 Å². The van der Waals surface area contributed by atoms with Gasteiger partial charge < -0.3 is 9.84 Å². The van der Waals surface area contributed by atoms with E-state index in [1.165, 1.54) is 0 Å². The lowest BCUT2D eigenvalue weighted by atomic mass is 9.99. The molecule has 0 aliphatic carbocycles. The van der Waals surface area contributed by atoms with Crippen LogP contribution in [0, 0.1) is 18.3 Å². The van der Waals surface area contributed by atoms with Crippen LogP contribution in [0.15, 0.2) is 0 Å². The van der Waals surface area contributed by atoms with Gasteiger partial charge >= 0.3 is 0 Å². The third kappa shape index (κ3) is 2.53. The van der Waals surface area contributed by atoms with Crippen molar-refractivity contribution >= 4 is 0 Å². The van der Waals surface area contributed by atoms with Crippen LogP contribution >= 0.6 is 0 Å². The summed E-state index contributed by atoms with van der Waals surface area (Å²) in [7, 11) is 0. The van der Waals surface area contributed by atoms with Crippen molar-refractivity contribution in [3.8, 4) is 12.3 Å². The van der Waals surface area contributed by atoms with Crippen LogP contribution in [0.2, 0.25) is 0 Å². The fourth-order valence-corrected chi connectivity index (χ4v) is 1.33. The lowest BCUT2D eigenvalue weighted by molar-refractivity contribution is 0.117. The topological polar surface area (TPSA) is 29.5 Å². The van der Waals surface area contributed by atoms with Crippen LogP contribution < -0.4 is 0 Å². The Morgan fingerprint density at radius 3 is 2.91 bits per heavy atom. The minimum atomic E-state index is -0.257. The second kappa shape index (κ2) is 4.38. The fraction of sp³-hybridized carbons (Fsp3) is 0.778. The van der Waals surface area contributed by atoms with Crippen LogP contribution in [-0.2, 0) is 4.74 Å². The van der Waals surface area contributed by atoms with Crippen LogP contribution in [0.5, 0.6) is 0 Å². The predicted molar refractivity (Wildman–Crippen MR) is 43.0 cm³/mol. The second-order valence-electron chi connectivity index (χ2n) is 2.96. The first-order valence-electron chi connectivity index (χ1n) is 4.04. The van der Waals surface area contributed by atoms with Gasteiger partial charge in [-0.3, -0.25) is 0 Å². The number of hydrogen-bond donors (Lipinski definition) is 1. The number of unbranched alkanes of at least 4 members (excludes halogenated alkanes) is 1. The van der Waals surface area contributed by atoms with Crippen LogP contribution in [0.4, 0.5) is 0 Å². The lowest BCUT2D eigenvalue weighted by Crippen LogP contribution is -2.17. The zero-order chi connectivity index (χ0) is 8.10. The molecule has 1 rings (SSSR count). The van der Waals surface area contributed by atoms with Gasteiger partial charge in [-0.2, -0.15) is 0 Å². The molecule has 0 spiro atoms. The monoisotopic (exact) mass is 154 g/mol. The molecule has 1 heterocycles. The Kier molecular flexibility index (Phi) is 3.41. The maximum atomic E-state index is 9.31. The molecule has 62 valence electrons. The molecule has 0 radical (unpaired) electrons. The number of ether oxygens (including phenoxy) is 1. The Morgan fingerprint density at radius 1 is 1.55 bits per heavy atom. The summed E-state index contributed by atoms with van der Waals surface area (Å²) in [5.41, 5.74) is 0. The smallest absolute Gasteiger partial charge is 0.0823 e. The van der Waals surface area contributed by atoms with E-state index in [0.717, 1.165) is 19.3 Å². The van der Waals surface area contributed by atoms with Crippen molar-refractivity contribution in [2.75, 3.05) is 13.2 Å². The van der Waals surface area contributed by atoms with Crippen molar-refractivity contribution in [1.29, 1.82) is 0 Å². The number of aliphatic hydroxyl groups excluding tert-OH is 1. The zero-order valence-corrected chi connectivity index (χ0v) is 6.62. The number of rotatable bonds is 3. The summed E-state index contributed by atoms with van der Waals surface area (Å²) in [5, 5.41) is 9.31. The molecule has 1 aliphatic rings. The Morgan fingerprint density at radius 2 is 2.36 bits per heavy atom. The third-order valence-electron chi connectivity index (χ3n) is 2.06. The molecule has 0 bridgehead atoms. The van der Waals surface area contributed by atoms with Crippen LogP contribution in [0.25, 0.3) is 0 Å². The van der Waals surface area contributed by atoms with Gasteiger partial charge in [0.25, 0.3) is 0 Å². The average Bonchev–Trinajstić information content (AvgIpc) is 2.37. The molecule has 1 aliphatic heterocycles. The summed E-state index contributed by atoms with van der Waals surface area (Å²) in [6.45, 7) is 1.20. The largest absolute Gasteiger partial charge is 0.390 e. The van der Waals surface area contributed by atoms with Crippen LogP contribution in [0.3, 0.4) is 0 Å². The van der Waals surface area contributed by atoms with Gasteiger partial charge in [0, 0.05) is 12.3 Å². The fourth-order valence-electron chi connectivity index (χ4n) is 1.33. The van der Waals surface area contributed by atoms with E-state index in [9.17, 15) is 5.11 Å². The molecule has 0 saturated carbocycles. The summed E-state index contributed by atoms with van der Waals surface area (Å²) in [6.07, 6.45) is 7.65. The summed E-state index contributed by atoms with van der Waals surface area (Å²) >= 11 is 0. The van der Waals surface area contributed by atoms with E-state index in [2.05, 4.69) is 5.92 Å². The minimum absolute atomic E-state index is 0.257. The van der Waals surface area contributed by atoms with Crippen molar-refractivity contribution in [3.05, 3.63) is 0 Å². The first kappa shape index (κ1) is 8.58. The van der Waals surface area contributed by atoms with Gasteiger partial charge in [-0.25, -0.2) is 0 Å². The predicted octanol–water partition coefficient (Wildman–Crippen LogP) is 0.797. The van der Waals surface area contributed by atoms with Gasteiger partial charge in [0.2, 0.25) is 0 Å².